The lowest BCUT2D eigenvalue weighted by molar-refractivity contribution is -0.384. The van der Waals surface area contributed by atoms with Crippen LogP contribution in [-0.2, 0) is 4.79 Å². The van der Waals surface area contributed by atoms with E-state index in [0.717, 1.165) is 31.7 Å². The van der Waals surface area contributed by atoms with Crippen LogP contribution in [0, 0.1) is 15.9 Å². The van der Waals surface area contributed by atoms with Gasteiger partial charge in [-0.3, -0.25) is 19.8 Å². The third kappa shape index (κ3) is 4.35. The van der Waals surface area contributed by atoms with E-state index >= 15 is 0 Å². The number of piperazine rings is 1. The molecule has 1 N–H and O–H groups in total. The number of carbonyl (C=O) groups excluding carboxylic acids is 1. The standard InChI is InChI=1S/C19H27FN4O4/c1-13(19(25)21-14-5-3-4-6-14)22-7-9-23(10-8-22)16-12-18(28-2)15(20)11-17(16)24(26)27/h11-14H,3-10H2,1-2H3,(H,21,25). The molecule has 1 aromatic carbocycles. The molecule has 1 heterocycles. The van der Waals surface area contributed by atoms with Crippen molar-refractivity contribution in [3.05, 3.63) is 28.1 Å². The summed E-state index contributed by atoms with van der Waals surface area (Å²) < 4.78 is 18.9. The molecule has 8 nitrogen and oxygen atoms in total. The summed E-state index contributed by atoms with van der Waals surface area (Å²) in [5.74, 6) is -0.740. The highest BCUT2D eigenvalue weighted by molar-refractivity contribution is 5.81. The number of anilines is 1. The van der Waals surface area contributed by atoms with Gasteiger partial charge in [0.2, 0.25) is 5.91 Å². The van der Waals surface area contributed by atoms with E-state index < -0.39 is 10.7 Å². The molecule has 1 aliphatic carbocycles. The average molecular weight is 394 g/mol. The normalized spacial score (nSPS) is 19.5. The lowest BCUT2D eigenvalue weighted by Gasteiger charge is -2.38. The summed E-state index contributed by atoms with van der Waals surface area (Å²) in [6, 6.07) is 2.31. The van der Waals surface area contributed by atoms with Crippen LogP contribution in [0.2, 0.25) is 0 Å². The molecule has 28 heavy (non-hydrogen) atoms. The number of methoxy groups -OCH3 is 1. The molecule has 1 saturated heterocycles. The summed E-state index contributed by atoms with van der Waals surface area (Å²) in [7, 11) is 1.33. The van der Waals surface area contributed by atoms with Crippen LogP contribution >= 0.6 is 0 Å². The summed E-state index contributed by atoms with van der Waals surface area (Å²) >= 11 is 0. The lowest BCUT2D eigenvalue weighted by atomic mass is 10.1. The number of nitro benzene ring substituents is 1. The molecule has 1 amide bonds. The van der Waals surface area contributed by atoms with Crippen LogP contribution in [0.15, 0.2) is 12.1 Å². The minimum absolute atomic E-state index is 0.0210. The van der Waals surface area contributed by atoms with Crippen molar-refractivity contribution in [2.75, 3.05) is 38.2 Å². The summed E-state index contributed by atoms with van der Waals surface area (Å²) in [6.45, 7) is 4.10. The number of ether oxygens (including phenoxy) is 1. The van der Waals surface area contributed by atoms with Crippen LogP contribution in [0.25, 0.3) is 0 Å². The Kier molecular flexibility index (Phi) is 6.33. The van der Waals surface area contributed by atoms with Gasteiger partial charge < -0.3 is 15.0 Å². The monoisotopic (exact) mass is 394 g/mol. The number of carbonyl (C=O) groups is 1. The number of rotatable bonds is 6. The Balaban J connectivity index is 1.64. The van der Waals surface area contributed by atoms with Gasteiger partial charge in [0.15, 0.2) is 11.6 Å². The minimum Gasteiger partial charge on any atom is -0.494 e. The van der Waals surface area contributed by atoms with Crippen LogP contribution in [-0.4, -0.2) is 61.1 Å². The molecule has 1 unspecified atom stereocenters. The molecule has 2 aliphatic rings. The predicted molar refractivity (Wildman–Crippen MR) is 103 cm³/mol. The Morgan fingerprint density at radius 2 is 1.93 bits per heavy atom. The van der Waals surface area contributed by atoms with Gasteiger partial charge in [-0.05, 0) is 19.8 Å². The summed E-state index contributed by atoms with van der Waals surface area (Å²) in [5, 5.41) is 14.5. The average Bonchev–Trinajstić information content (AvgIpc) is 3.20. The highest BCUT2D eigenvalue weighted by Gasteiger charge is 2.30. The van der Waals surface area contributed by atoms with Crippen LogP contribution in [0.1, 0.15) is 32.6 Å². The molecule has 2 fully saturated rings. The van der Waals surface area contributed by atoms with E-state index in [1.807, 2.05) is 11.8 Å². The SMILES string of the molecule is COc1cc(N2CCN(C(C)C(=O)NC3CCCC3)CC2)c([N+](=O)[O-])cc1F. The fourth-order valence-electron chi connectivity index (χ4n) is 4.00. The van der Waals surface area contributed by atoms with Crippen LogP contribution in [0.4, 0.5) is 15.8 Å². The number of nitro groups is 1. The predicted octanol–water partition coefficient (Wildman–Crippen LogP) is 2.31. The lowest BCUT2D eigenvalue weighted by Crippen LogP contribution is -2.55. The molecular formula is C19H27FN4O4. The molecule has 154 valence electrons. The zero-order chi connectivity index (χ0) is 20.3. The van der Waals surface area contributed by atoms with E-state index in [9.17, 15) is 19.3 Å². The van der Waals surface area contributed by atoms with Gasteiger partial charge in [-0.2, -0.15) is 0 Å². The van der Waals surface area contributed by atoms with E-state index in [4.69, 9.17) is 4.74 Å². The largest absolute Gasteiger partial charge is 0.494 e. The van der Waals surface area contributed by atoms with Crippen molar-refractivity contribution < 1.29 is 18.8 Å². The molecule has 3 rings (SSSR count). The zero-order valence-electron chi connectivity index (χ0n) is 16.3. The van der Waals surface area contributed by atoms with E-state index in [1.54, 1.807) is 0 Å². The van der Waals surface area contributed by atoms with Crippen LogP contribution in [0.3, 0.4) is 0 Å². The first-order valence-corrected chi connectivity index (χ1v) is 9.72. The summed E-state index contributed by atoms with van der Waals surface area (Å²) in [4.78, 5) is 27.2. The fourth-order valence-corrected chi connectivity index (χ4v) is 4.00. The first-order chi connectivity index (χ1) is 13.4. The maximum Gasteiger partial charge on any atom is 0.295 e. The number of nitrogens with one attached hydrogen (secondary N) is 1. The van der Waals surface area contributed by atoms with Crippen molar-refractivity contribution in [3.63, 3.8) is 0 Å². The van der Waals surface area contributed by atoms with Crippen molar-refractivity contribution in [1.82, 2.24) is 10.2 Å². The van der Waals surface area contributed by atoms with E-state index in [-0.39, 0.29) is 29.4 Å². The minimum atomic E-state index is -0.756. The maximum atomic E-state index is 13.9. The van der Waals surface area contributed by atoms with E-state index in [1.165, 1.54) is 13.2 Å². The van der Waals surface area contributed by atoms with Crippen LogP contribution < -0.4 is 15.0 Å². The zero-order valence-corrected chi connectivity index (χ0v) is 16.3. The molecule has 1 saturated carbocycles. The van der Waals surface area contributed by atoms with Crippen molar-refractivity contribution in [2.24, 2.45) is 0 Å². The molecule has 1 aliphatic heterocycles. The van der Waals surface area contributed by atoms with E-state index in [0.29, 0.717) is 31.9 Å². The van der Waals surface area contributed by atoms with Gasteiger partial charge in [0.05, 0.1) is 24.1 Å². The van der Waals surface area contributed by atoms with E-state index in [2.05, 4.69) is 10.2 Å². The van der Waals surface area contributed by atoms with Crippen molar-refractivity contribution in [3.8, 4) is 5.75 Å². The number of hydrogen-bond acceptors (Lipinski definition) is 6. The molecular weight excluding hydrogens is 367 g/mol. The molecule has 0 aromatic heterocycles. The Labute approximate surface area is 163 Å². The van der Waals surface area contributed by atoms with Gasteiger partial charge in [-0.1, -0.05) is 12.8 Å². The molecule has 0 spiro atoms. The second kappa shape index (κ2) is 8.72. The third-order valence-electron chi connectivity index (χ3n) is 5.73. The highest BCUT2D eigenvalue weighted by Crippen LogP contribution is 2.35. The summed E-state index contributed by atoms with van der Waals surface area (Å²) in [6.07, 6.45) is 4.42. The van der Waals surface area contributed by atoms with Gasteiger partial charge >= 0.3 is 0 Å². The smallest absolute Gasteiger partial charge is 0.295 e. The van der Waals surface area contributed by atoms with Gasteiger partial charge in [0, 0.05) is 38.3 Å². The second-order valence-electron chi connectivity index (χ2n) is 7.42. The first-order valence-electron chi connectivity index (χ1n) is 9.72. The molecule has 9 heteroatoms. The molecule has 1 atom stereocenters. The quantitative estimate of drug-likeness (QED) is 0.588. The van der Waals surface area contributed by atoms with Gasteiger partial charge in [0.1, 0.15) is 5.69 Å². The highest BCUT2D eigenvalue weighted by atomic mass is 19.1. The Morgan fingerprint density at radius 3 is 2.50 bits per heavy atom. The number of halogens is 1. The van der Waals surface area contributed by atoms with Crippen molar-refractivity contribution in [2.45, 2.75) is 44.7 Å². The third-order valence-corrected chi connectivity index (χ3v) is 5.73. The number of hydrogen-bond donors (Lipinski definition) is 1. The van der Waals surface area contributed by atoms with Gasteiger partial charge in [-0.25, -0.2) is 4.39 Å². The summed E-state index contributed by atoms with van der Waals surface area (Å²) in [5.41, 5.74) is 0.0599. The first kappa shape index (κ1) is 20.3. The van der Waals surface area contributed by atoms with Gasteiger partial charge in [0.25, 0.3) is 5.69 Å². The molecule has 0 bridgehead atoms. The maximum absolute atomic E-state index is 13.9. The van der Waals surface area contributed by atoms with Gasteiger partial charge in [-0.15, -0.1) is 0 Å². The number of benzene rings is 1. The number of nitrogens with zero attached hydrogens (tertiary/aromatic N) is 3. The van der Waals surface area contributed by atoms with Crippen LogP contribution in [0.5, 0.6) is 5.75 Å². The Morgan fingerprint density at radius 1 is 1.29 bits per heavy atom. The topological polar surface area (TPSA) is 88.0 Å². The molecule has 1 aromatic rings. The Bertz CT molecular complexity index is 731. The Hall–Kier alpha value is -2.42. The number of amides is 1. The van der Waals surface area contributed by atoms with Crippen molar-refractivity contribution >= 4 is 17.3 Å². The van der Waals surface area contributed by atoms with Crippen molar-refractivity contribution in [1.29, 1.82) is 0 Å². The second-order valence-corrected chi connectivity index (χ2v) is 7.42. The fraction of sp³-hybridized carbons (Fsp3) is 0.632. The molecule has 0 radical (unpaired) electrons.